The van der Waals surface area contributed by atoms with Gasteiger partial charge in [-0.15, -0.1) is 11.3 Å². The average molecular weight is 511 g/mol. The molecule has 0 bridgehead atoms. The number of hydrogen-bond acceptors (Lipinski definition) is 7. The Balaban J connectivity index is 1.48. The van der Waals surface area contributed by atoms with Crippen LogP contribution in [-0.2, 0) is 10.0 Å². The molecular weight excluding hydrogens is 488 g/mol. The van der Waals surface area contributed by atoms with E-state index in [0.717, 1.165) is 33.5 Å². The number of hydrazone groups is 1. The summed E-state index contributed by atoms with van der Waals surface area (Å²) < 4.78 is 28.1. The van der Waals surface area contributed by atoms with Crippen molar-refractivity contribution < 1.29 is 13.2 Å². The summed E-state index contributed by atoms with van der Waals surface area (Å²) in [7, 11) is -3.54. The lowest BCUT2D eigenvalue weighted by atomic mass is 10.2. The monoisotopic (exact) mass is 510 g/mol. The summed E-state index contributed by atoms with van der Waals surface area (Å²) in [6.45, 7) is 3.07. The molecule has 0 unspecified atom stereocenters. The van der Waals surface area contributed by atoms with E-state index in [9.17, 15) is 13.2 Å². The van der Waals surface area contributed by atoms with Gasteiger partial charge in [-0.25, -0.2) is 13.4 Å². The minimum atomic E-state index is -3.54. The predicted molar refractivity (Wildman–Crippen MR) is 138 cm³/mol. The first kappa shape index (κ1) is 22.9. The molecule has 3 heterocycles. The first-order valence-electron chi connectivity index (χ1n) is 10.8. The molecule has 0 spiro atoms. The molecule has 34 heavy (non-hydrogen) atoms. The van der Waals surface area contributed by atoms with Crippen molar-refractivity contribution in [2.24, 2.45) is 5.10 Å². The van der Waals surface area contributed by atoms with Gasteiger partial charge in [0, 0.05) is 23.5 Å². The summed E-state index contributed by atoms with van der Waals surface area (Å²) in [6.07, 6.45) is 3.37. The van der Waals surface area contributed by atoms with Crippen LogP contribution in [0.2, 0.25) is 0 Å². The zero-order valence-corrected chi connectivity index (χ0v) is 20.9. The van der Waals surface area contributed by atoms with Crippen LogP contribution in [0.3, 0.4) is 0 Å². The SMILES string of the molecule is Cc1ccc2nc(N(/N=C/c3cccs3)C(=O)c3ccc(S(=O)(=O)N4CCCC4)cc3)sc2c1. The van der Waals surface area contributed by atoms with E-state index in [-0.39, 0.29) is 10.8 Å². The maximum absolute atomic E-state index is 13.5. The average Bonchev–Trinajstić information content (AvgIpc) is 3.60. The van der Waals surface area contributed by atoms with E-state index in [1.165, 1.54) is 56.3 Å². The fraction of sp³-hybridized carbons (Fsp3) is 0.208. The van der Waals surface area contributed by atoms with E-state index >= 15 is 0 Å². The topological polar surface area (TPSA) is 82.9 Å². The number of nitrogens with zero attached hydrogens (tertiary/aromatic N) is 4. The molecule has 1 amide bonds. The van der Waals surface area contributed by atoms with Crippen LogP contribution in [-0.4, -0.2) is 42.9 Å². The van der Waals surface area contributed by atoms with Gasteiger partial charge in [-0.1, -0.05) is 23.5 Å². The van der Waals surface area contributed by atoms with Crippen LogP contribution in [0.4, 0.5) is 5.13 Å². The van der Waals surface area contributed by atoms with Gasteiger partial charge in [-0.2, -0.15) is 14.4 Å². The number of aryl methyl sites for hydroxylation is 1. The van der Waals surface area contributed by atoms with Gasteiger partial charge >= 0.3 is 0 Å². The Bertz CT molecular complexity index is 1450. The summed E-state index contributed by atoms with van der Waals surface area (Å²) in [4.78, 5) is 19.2. The Hall–Kier alpha value is -2.92. The zero-order valence-electron chi connectivity index (χ0n) is 18.4. The molecule has 1 aliphatic heterocycles. The molecule has 0 saturated carbocycles. The number of hydrogen-bond donors (Lipinski definition) is 0. The summed E-state index contributed by atoms with van der Waals surface area (Å²) >= 11 is 2.90. The molecule has 1 saturated heterocycles. The van der Waals surface area contributed by atoms with Crippen LogP contribution >= 0.6 is 22.7 Å². The fourth-order valence-corrected chi connectivity index (χ4v) is 6.86. The van der Waals surface area contributed by atoms with Crippen LogP contribution in [0.25, 0.3) is 10.2 Å². The number of benzene rings is 2. The van der Waals surface area contributed by atoms with E-state index in [1.54, 1.807) is 6.21 Å². The van der Waals surface area contributed by atoms with Gasteiger partial charge < -0.3 is 0 Å². The second-order valence-corrected chi connectivity index (χ2v) is 11.9. The normalized spacial score (nSPS) is 14.9. The first-order valence-corrected chi connectivity index (χ1v) is 13.9. The van der Waals surface area contributed by atoms with Crippen molar-refractivity contribution in [3.63, 3.8) is 0 Å². The summed E-state index contributed by atoms with van der Waals surface area (Å²) in [5, 5.41) is 8.13. The Morgan fingerprint density at radius 1 is 1.12 bits per heavy atom. The third-order valence-electron chi connectivity index (χ3n) is 5.55. The minimum Gasteiger partial charge on any atom is -0.267 e. The maximum atomic E-state index is 13.5. The molecule has 2 aromatic carbocycles. The highest BCUT2D eigenvalue weighted by Gasteiger charge is 2.28. The molecule has 0 radical (unpaired) electrons. The van der Waals surface area contributed by atoms with E-state index in [2.05, 4.69) is 10.1 Å². The Morgan fingerprint density at radius 3 is 2.59 bits per heavy atom. The zero-order chi connectivity index (χ0) is 23.7. The van der Waals surface area contributed by atoms with E-state index < -0.39 is 10.0 Å². The molecule has 7 nitrogen and oxygen atoms in total. The third-order valence-corrected chi connectivity index (χ3v) is 9.27. The van der Waals surface area contributed by atoms with Crippen molar-refractivity contribution in [3.8, 4) is 0 Å². The summed E-state index contributed by atoms with van der Waals surface area (Å²) in [5.41, 5.74) is 2.23. The number of anilines is 1. The van der Waals surface area contributed by atoms with Crippen LogP contribution in [0.1, 0.15) is 33.6 Å². The fourth-order valence-electron chi connectivity index (χ4n) is 3.75. The molecule has 10 heteroatoms. The van der Waals surface area contributed by atoms with E-state index in [0.29, 0.717) is 23.8 Å². The highest BCUT2D eigenvalue weighted by atomic mass is 32.2. The molecular formula is C24H22N4O3S3. The van der Waals surface area contributed by atoms with Gasteiger partial charge in [0.25, 0.3) is 5.91 Å². The van der Waals surface area contributed by atoms with Crippen molar-refractivity contribution in [2.45, 2.75) is 24.7 Å². The van der Waals surface area contributed by atoms with Gasteiger partial charge in [0.15, 0.2) is 0 Å². The number of amides is 1. The second kappa shape index (κ2) is 9.38. The van der Waals surface area contributed by atoms with Crippen molar-refractivity contribution >= 4 is 60.2 Å². The van der Waals surface area contributed by atoms with Crippen molar-refractivity contribution in [2.75, 3.05) is 18.1 Å². The lowest BCUT2D eigenvalue weighted by Crippen LogP contribution is -2.28. The highest BCUT2D eigenvalue weighted by Crippen LogP contribution is 2.31. The maximum Gasteiger partial charge on any atom is 0.280 e. The number of rotatable bonds is 6. The summed E-state index contributed by atoms with van der Waals surface area (Å²) in [6, 6.07) is 15.8. The standard InChI is InChI=1S/C24H22N4O3S3/c1-17-6-11-21-22(15-17)33-24(26-21)28(25-16-19-5-4-14-32-19)23(29)18-7-9-20(10-8-18)34(30,31)27-12-2-3-13-27/h4-11,14-16H,2-3,12-13H2,1H3/b25-16+. The van der Waals surface area contributed by atoms with Crippen molar-refractivity contribution in [1.29, 1.82) is 0 Å². The first-order chi connectivity index (χ1) is 16.4. The Kier molecular flexibility index (Phi) is 6.30. The second-order valence-electron chi connectivity index (χ2n) is 7.98. The quantitative estimate of drug-likeness (QED) is 0.266. The van der Waals surface area contributed by atoms with Crippen LogP contribution in [0, 0.1) is 6.92 Å². The van der Waals surface area contributed by atoms with Gasteiger partial charge in [0.05, 0.1) is 21.3 Å². The minimum absolute atomic E-state index is 0.190. The van der Waals surface area contributed by atoms with Crippen molar-refractivity contribution in [1.82, 2.24) is 9.29 Å². The number of sulfonamides is 1. The molecule has 4 aromatic rings. The van der Waals surface area contributed by atoms with E-state index in [4.69, 9.17) is 0 Å². The number of carbonyl (C=O) groups excluding carboxylic acids is 1. The van der Waals surface area contributed by atoms with Crippen molar-refractivity contribution in [3.05, 3.63) is 76.0 Å². The number of thiazole rings is 1. The van der Waals surface area contributed by atoms with E-state index in [1.807, 2.05) is 42.6 Å². The third kappa shape index (κ3) is 4.54. The molecule has 1 fully saturated rings. The lowest BCUT2D eigenvalue weighted by molar-refractivity contribution is 0.0987. The summed E-state index contributed by atoms with van der Waals surface area (Å²) in [5.74, 6) is -0.381. The molecule has 2 aromatic heterocycles. The highest BCUT2D eigenvalue weighted by molar-refractivity contribution is 7.89. The van der Waals surface area contributed by atoms with Gasteiger partial charge in [0.2, 0.25) is 15.2 Å². The predicted octanol–water partition coefficient (Wildman–Crippen LogP) is 5.13. The largest absolute Gasteiger partial charge is 0.280 e. The number of thiophene rings is 1. The van der Waals surface area contributed by atoms with Crippen LogP contribution in [0.15, 0.2) is 70.0 Å². The van der Waals surface area contributed by atoms with Gasteiger partial charge in [0.1, 0.15) is 0 Å². The number of aromatic nitrogens is 1. The van der Waals surface area contributed by atoms with Gasteiger partial charge in [-0.3, -0.25) is 4.79 Å². The van der Waals surface area contributed by atoms with Crippen LogP contribution < -0.4 is 5.01 Å². The molecule has 1 aliphatic rings. The van der Waals surface area contributed by atoms with Gasteiger partial charge in [-0.05, 0) is 73.2 Å². The molecule has 5 rings (SSSR count). The molecule has 174 valence electrons. The lowest BCUT2D eigenvalue weighted by Gasteiger charge is -2.16. The Morgan fingerprint density at radius 2 is 1.88 bits per heavy atom. The number of carbonyl (C=O) groups is 1. The smallest absolute Gasteiger partial charge is 0.267 e. The molecule has 0 N–H and O–H groups in total. The number of fused-ring (bicyclic) bond motifs is 1. The Labute approximate surface area is 206 Å². The molecule has 0 atom stereocenters. The molecule has 0 aliphatic carbocycles. The van der Waals surface area contributed by atoms with Crippen LogP contribution in [0.5, 0.6) is 0 Å².